The summed E-state index contributed by atoms with van der Waals surface area (Å²) in [6.07, 6.45) is -7.61. The summed E-state index contributed by atoms with van der Waals surface area (Å²) >= 11 is 0. The third kappa shape index (κ3) is 2.48. The van der Waals surface area contributed by atoms with E-state index in [1.165, 1.54) is 0 Å². The molecule has 82 valence electrons. The number of hydrogen-bond acceptors (Lipinski definition) is 2. The van der Waals surface area contributed by atoms with Crippen LogP contribution in [0.15, 0.2) is 18.3 Å². The molecule has 0 amide bonds. The largest absolute Gasteiger partial charge is 0.434 e. The van der Waals surface area contributed by atoms with Crippen molar-refractivity contribution in [2.75, 3.05) is 0 Å². The van der Waals surface area contributed by atoms with Crippen molar-refractivity contribution < 1.29 is 26.7 Å². The number of rotatable bonds is 2. The third-order valence-electron chi connectivity index (χ3n) is 1.54. The van der Waals surface area contributed by atoms with Crippen LogP contribution in [0.1, 0.15) is 16.1 Å². The fourth-order valence-electron chi connectivity index (χ4n) is 0.948. The Bertz CT molecular complexity index is 374. The van der Waals surface area contributed by atoms with Crippen LogP contribution in [0.2, 0.25) is 0 Å². The lowest BCUT2D eigenvalue weighted by atomic mass is 10.1. The second-order valence-corrected chi connectivity index (χ2v) is 2.56. The zero-order valence-corrected chi connectivity index (χ0v) is 7.05. The lowest BCUT2D eigenvalue weighted by Gasteiger charge is -2.09. The Hall–Kier alpha value is -1.53. The minimum atomic E-state index is -4.92. The van der Waals surface area contributed by atoms with E-state index in [4.69, 9.17) is 0 Å². The van der Waals surface area contributed by atoms with E-state index in [0.717, 1.165) is 12.3 Å². The van der Waals surface area contributed by atoms with Gasteiger partial charge in [-0.2, -0.15) is 13.2 Å². The first-order chi connectivity index (χ1) is 6.84. The molecule has 1 heterocycles. The summed E-state index contributed by atoms with van der Waals surface area (Å²) in [7, 11) is 0. The number of ketones is 1. The fraction of sp³-hybridized carbons (Fsp3) is 0.250. The van der Waals surface area contributed by atoms with Crippen molar-refractivity contribution in [3.8, 4) is 0 Å². The standard InChI is InChI=1S/C8H4F5NO/c9-7(10)5(15)4-2-1-3-14-6(4)8(11,12)13/h1-3,7H. The highest BCUT2D eigenvalue weighted by molar-refractivity contribution is 5.99. The minimum Gasteiger partial charge on any atom is -0.288 e. The minimum absolute atomic E-state index is 0.671. The van der Waals surface area contributed by atoms with E-state index < -0.39 is 29.6 Å². The predicted molar refractivity (Wildman–Crippen MR) is 39.6 cm³/mol. The molecule has 0 radical (unpaired) electrons. The van der Waals surface area contributed by atoms with Crippen molar-refractivity contribution in [3.63, 3.8) is 0 Å². The van der Waals surface area contributed by atoms with Gasteiger partial charge < -0.3 is 0 Å². The summed E-state index contributed by atoms with van der Waals surface area (Å²) in [5, 5.41) is 0. The summed E-state index contributed by atoms with van der Waals surface area (Å²) in [6, 6.07) is 1.66. The van der Waals surface area contributed by atoms with Crippen LogP contribution < -0.4 is 0 Å². The maximum absolute atomic E-state index is 12.2. The van der Waals surface area contributed by atoms with Gasteiger partial charge in [-0.1, -0.05) is 0 Å². The summed E-state index contributed by atoms with van der Waals surface area (Å²) in [6.45, 7) is 0. The van der Waals surface area contributed by atoms with Gasteiger partial charge in [-0.25, -0.2) is 8.78 Å². The Labute approximate surface area is 80.7 Å². The molecule has 0 saturated heterocycles. The Kier molecular flexibility index (Phi) is 3.01. The molecule has 15 heavy (non-hydrogen) atoms. The first kappa shape index (κ1) is 11.5. The van der Waals surface area contributed by atoms with Crippen LogP contribution in [0, 0.1) is 0 Å². The zero-order chi connectivity index (χ0) is 11.6. The van der Waals surface area contributed by atoms with Crippen molar-refractivity contribution in [3.05, 3.63) is 29.6 Å². The average molecular weight is 225 g/mol. The Morgan fingerprint density at radius 3 is 2.40 bits per heavy atom. The van der Waals surface area contributed by atoms with E-state index in [-0.39, 0.29) is 0 Å². The number of aromatic nitrogens is 1. The Morgan fingerprint density at radius 2 is 1.93 bits per heavy atom. The molecular weight excluding hydrogens is 221 g/mol. The molecule has 2 nitrogen and oxygen atoms in total. The highest BCUT2D eigenvalue weighted by Gasteiger charge is 2.38. The molecule has 0 aliphatic rings. The number of Topliss-reactive ketones (excluding diaryl/α,β-unsaturated/α-hetero) is 1. The molecular formula is C8H4F5NO. The average Bonchev–Trinajstić information content (AvgIpc) is 2.15. The molecule has 0 aliphatic heterocycles. The van der Waals surface area contributed by atoms with Crippen LogP contribution >= 0.6 is 0 Å². The van der Waals surface area contributed by atoms with Gasteiger partial charge in [0.05, 0.1) is 5.56 Å². The van der Waals surface area contributed by atoms with Crippen molar-refractivity contribution >= 4 is 5.78 Å². The van der Waals surface area contributed by atoms with Gasteiger partial charge >= 0.3 is 12.6 Å². The topological polar surface area (TPSA) is 30.0 Å². The maximum Gasteiger partial charge on any atom is 0.434 e. The summed E-state index contributed by atoms with van der Waals surface area (Å²) in [5.74, 6) is -1.88. The maximum atomic E-state index is 12.2. The van der Waals surface area contributed by atoms with E-state index in [2.05, 4.69) is 4.98 Å². The third-order valence-corrected chi connectivity index (χ3v) is 1.54. The molecule has 0 spiro atoms. The summed E-state index contributed by atoms with van der Waals surface area (Å²) < 4.78 is 60.5. The van der Waals surface area contributed by atoms with E-state index in [9.17, 15) is 26.7 Å². The quantitative estimate of drug-likeness (QED) is 0.571. The van der Waals surface area contributed by atoms with E-state index in [0.29, 0.717) is 6.07 Å². The van der Waals surface area contributed by atoms with Gasteiger partial charge in [0.25, 0.3) is 0 Å². The molecule has 0 unspecified atom stereocenters. The number of alkyl halides is 5. The van der Waals surface area contributed by atoms with E-state index in [1.54, 1.807) is 0 Å². The molecule has 0 bridgehead atoms. The number of hydrogen-bond donors (Lipinski definition) is 0. The normalized spacial score (nSPS) is 11.9. The van der Waals surface area contributed by atoms with Gasteiger partial charge in [-0.05, 0) is 12.1 Å². The van der Waals surface area contributed by atoms with Gasteiger partial charge in [0.2, 0.25) is 5.78 Å². The van der Waals surface area contributed by atoms with Crippen molar-refractivity contribution in [1.82, 2.24) is 4.98 Å². The predicted octanol–water partition coefficient (Wildman–Crippen LogP) is 2.55. The molecule has 1 aromatic rings. The second-order valence-electron chi connectivity index (χ2n) is 2.56. The van der Waals surface area contributed by atoms with E-state index in [1.807, 2.05) is 0 Å². The molecule has 1 rings (SSSR count). The van der Waals surface area contributed by atoms with Crippen molar-refractivity contribution in [2.45, 2.75) is 12.6 Å². The van der Waals surface area contributed by atoms with Gasteiger partial charge in [0, 0.05) is 6.20 Å². The summed E-state index contributed by atoms with van der Waals surface area (Å²) in [4.78, 5) is 13.6. The van der Waals surface area contributed by atoms with Crippen LogP contribution in [-0.2, 0) is 6.18 Å². The van der Waals surface area contributed by atoms with Gasteiger partial charge in [0.15, 0.2) is 5.69 Å². The monoisotopic (exact) mass is 225 g/mol. The first-order valence-corrected chi connectivity index (χ1v) is 3.68. The molecule has 0 aromatic carbocycles. The second kappa shape index (κ2) is 3.92. The first-order valence-electron chi connectivity index (χ1n) is 3.68. The van der Waals surface area contributed by atoms with Crippen molar-refractivity contribution in [1.29, 1.82) is 0 Å². The van der Waals surface area contributed by atoms with Crippen molar-refractivity contribution in [2.24, 2.45) is 0 Å². The fourth-order valence-corrected chi connectivity index (χ4v) is 0.948. The Morgan fingerprint density at radius 1 is 1.33 bits per heavy atom. The zero-order valence-electron chi connectivity index (χ0n) is 7.05. The highest BCUT2D eigenvalue weighted by Crippen LogP contribution is 2.30. The van der Waals surface area contributed by atoms with Gasteiger partial charge in [-0.15, -0.1) is 0 Å². The SMILES string of the molecule is O=C(c1cccnc1C(F)(F)F)C(F)F. The van der Waals surface area contributed by atoms with Crippen LogP contribution in [-0.4, -0.2) is 17.2 Å². The summed E-state index contributed by atoms with van der Waals surface area (Å²) in [5.41, 5.74) is -2.70. The number of carbonyl (C=O) groups is 1. The lowest BCUT2D eigenvalue weighted by Crippen LogP contribution is -2.19. The number of halogens is 5. The van der Waals surface area contributed by atoms with Gasteiger partial charge in [-0.3, -0.25) is 9.78 Å². The van der Waals surface area contributed by atoms with Gasteiger partial charge in [0.1, 0.15) is 0 Å². The smallest absolute Gasteiger partial charge is 0.288 e. The molecule has 7 heteroatoms. The molecule has 0 fully saturated rings. The molecule has 0 atom stereocenters. The lowest BCUT2D eigenvalue weighted by molar-refractivity contribution is -0.141. The van der Waals surface area contributed by atoms with E-state index >= 15 is 0 Å². The van der Waals surface area contributed by atoms with Crippen LogP contribution in [0.25, 0.3) is 0 Å². The highest BCUT2D eigenvalue weighted by atomic mass is 19.4. The molecule has 0 saturated carbocycles. The number of carbonyl (C=O) groups excluding carboxylic acids is 1. The molecule has 1 aromatic heterocycles. The molecule has 0 aliphatic carbocycles. The molecule has 0 N–H and O–H groups in total. The number of nitrogens with zero attached hydrogens (tertiary/aromatic N) is 1. The van der Waals surface area contributed by atoms with Crippen LogP contribution in [0.5, 0.6) is 0 Å². The number of pyridine rings is 1. The Balaban J connectivity index is 3.25. The van der Waals surface area contributed by atoms with Crippen LogP contribution in [0.4, 0.5) is 22.0 Å². The van der Waals surface area contributed by atoms with Crippen LogP contribution in [0.3, 0.4) is 0 Å².